The van der Waals surface area contributed by atoms with Crippen molar-refractivity contribution in [2.24, 2.45) is 0 Å². The Morgan fingerprint density at radius 2 is 2.36 bits per heavy atom. The van der Waals surface area contributed by atoms with Crippen molar-refractivity contribution in [2.45, 2.75) is 13.3 Å². The van der Waals surface area contributed by atoms with E-state index in [-0.39, 0.29) is 5.78 Å². The molecule has 0 bridgehead atoms. The third-order valence-corrected chi connectivity index (χ3v) is 1.71. The van der Waals surface area contributed by atoms with Crippen LogP contribution in [-0.4, -0.2) is 10.8 Å². The van der Waals surface area contributed by atoms with Gasteiger partial charge in [-0.15, -0.1) is 0 Å². The first-order valence-electron chi connectivity index (χ1n) is 3.28. The fraction of sp³-hybridized carbons (Fsp3) is 0.250. The minimum absolute atomic E-state index is 0.161. The number of Topliss-reactive ketones (excluding diaryl/α,β-unsaturated/α-hetero) is 1. The monoisotopic (exact) mass is 213 g/mol. The summed E-state index contributed by atoms with van der Waals surface area (Å²) >= 11 is 3.22. The molecule has 0 spiro atoms. The molecule has 1 heterocycles. The summed E-state index contributed by atoms with van der Waals surface area (Å²) in [5.41, 5.74) is 0.959. The molecule has 0 saturated carbocycles. The summed E-state index contributed by atoms with van der Waals surface area (Å²) in [6.07, 6.45) is 2.17. The first-order valence-corrected chi connectivity index (χ1v) is 4.07. The SMILES string of the molecule is CC(=O)Cc1ccc(Br)nc1. The minimum atomic E-state index is 0.161. The van der Waals surface area contributed by atoms with E-state index in [1.165, 1.54) is 0 Å². The molecule has 0 amide bonds. The molecule has 0 unspecified atom stereocenters. The van der Waals surface area contributed by atoms with Crippen molar-refractivity contribution < 1.29 is 4.79 Å². The highest BCUT2D eigenvalue weighted by molar-refractivity contribution is 9.10. The number of rotatable bonds is 2. The predicted molar refractivity (Wildman–Crippen MR) is 46.3 cm³/mol. The van der Waals surface area contributed by atoms with Gasteiger partial charge in [0.1, 0.15) is 10.4 Å². The normalized spacial score (nSPS) is 9.64. The van der Waals surface area contributed by atoms with E-state index < -0.39 is 0 Å². The zero-order chi connectivity index (χ0) is 8.27. The lowest BCUT2D eigenvalue weighted by Gasteiger charge is -1.95. The molecule has 0 radical (unpaired) electrons. The van der Waals surface area contributed by atoms with Crippen molar-refractivity contribution in [3.63, 3.8) is 0 Å². The standard InChI is InChI=1S/C8H8BrNO/c1-6(11)4-7-2-3-8(9)10-5-7/h2-3,5H,4H2,1H3. The van der Waals surface area contributed by atoms with Gasteiger partial charge in [-0.3, -0.25) is 4.79 Å². The highest BCUT2D eigenvalue weighted by atomic mass is 79.9. The second-order valence-corrected chi connectivity index (χ2v) is 3.18. The molecule has 0 atom stereocenters. The van der Waals surface area contributed by atoms with Gasteiger partial charge in [0, 0.05) is 12.6 Å². The number of carbonyl (C=O) groups is 1. The number of pyridine rings is 1. The Balaban J connectivity index is 2.74. The van der Waals surface area contributed by atoms with Crippen molar-refractivity contribution in [1.82, 2.24) is 4.98 Å². The van der Waals surface area contributed by atoms with Crippen molar-refractivity contribution in [2.75, 3.05) is 0 Å². The number of hydrogen-bond acceptors (Lipinski definition) is 2. The van der Waals surface area contributed by atoms with E-state index in [0.29, 0.717) is 6.42 Å². The van der Waals surface area contributed by atoms with Gasteiger partial charge in [-0.2, -0.15) is 0 Å². The maximum atomic E-state index is 10.7. The molecule has 0 N–H and O–H groups in total. The largest absolute Gasteiger partial charge is 0.300 e. The second-order valence-electron chi connectivity index (χ2n) is 2.37. The number of hydrogen-bond donors (Lipinski definition) is 0. The summed E-state index contributed by atoms with van der Waals surface area (Å²) in [5, 5.41) is 0. The molecule has 2 nitrogen and oxygen atoms in total. The van der Waals surface area contributed by atoms with Crippen molar-refractivity contribution in [1.29, 1.82) is 0 Å². The molecule has 0 fully saturated rings. The Kier molecular flexibility index (Phi) is 2.76. The summed E-state index contributed by atoms with van der Waals surface area (Å²) in [6, 6.07) is 3.72. The average Bonchev–Trinajstić information content (AvgIpc) is 1.93. The Morgan fingerprint density at radius 1 is 1.64 bits per heavy atom. The van der Waals surface area contributed by atoms with E-state index in [1.807, 2.05) is 12.1 Å². The Hall–Kier alpha value is -0.700. The number of aromatic nitrogens is 1. The van der Waals surface area contributed by atoms with Crippen molar-refractivity contribution in [3.05, 3.63) is 28.5 Å². The summed E-state index contributed by atoms with van der Waals surface area (Å²) < 4.78 is 0.796. The number of nitrogens with zero attached hydrogens (tertiary/aromatic N) is 1. The van der Waals surface area contributed by atoms with Gasteiger partial charge >= 0.3 is 0 Å². The van der Waals surface area contributed by atoms with Crippen LogP contribution in [0.2, 0.25) is 0 Å². The maximum Gasteiger partial charge on any atom is 0.134 e. The zero-order valence-corrected chi connectivity index (χ0v) is 7.76. The van der Waals surface area contributed by atoms with Crippen LogP contribution in [0, 0.1) is 0 Å². The lowest BCUT2D eigenvalue weighted by Crippen LogP contribution is -1.96. The summed E-state index contributed by atoms with van der Waals surface area (Å²) in [4.78, 5) is 14.7. The smallest absolute Gasteiger partial charge is 0.134 e. The number of ketones is 1. The summed E-state index contributed by atoms with van der Waals surface area (Å²) in [5.74, 6) is 0.161. The molecule has 1 aromatic rings. The predicted octanol–water partition coefficient (Wildman–Crippen LogP) is 1.98. The molecule has 0 aliphatic heterocycles. The first-order chi connectivity index (χ1) is 5.18. The maximum absolute atomic E-state index is 10.7. The van der Waals surface area contributed by atoms with Gasteiger partial charge in [0.25, 0.3) is 0 Å². The lowest BCUT2D eigenvalue weighted by molar-refractivity contribution is -0.116. The molecule has 3 heteroatoms. The highest BCUT2D eigenvalue weighted by Crippen LogP contribution is 2.06. The van der Waals surface area contributed by atoms with Crippen molar-refractivity contribution in [3.8, 4) is 0 Å². The fourth-order valence-corrected chi connectivity index (χ4v) is 1.03. The van der Waals surface area contributed by atoms with Gasteiger partial charge in [0.15, 0.2) is 0 Å². The van der Waals surface area contributed by atoms with E-state index in [1.54, 1.807) is 13.1 Å². The zero-order valence-electron chi connectivity index (χ0n) is 6.17. The van der Waals surface area contributed by atoms with E-state index >= 15 is 0 Å². The quantitative estimate of drug-likeness (QED) is 0.704. The number of carbonyl (C=O) groups excluding carboxylic acids is 1. The van der Waals surface area contributed by atoms with Gasteiger partial charge in [0.05, 0.1) is 0 Å². The Labute approximate surface area is 73.8 Å². The summed E-state index contributed by atoms with van der Waals surface area (Å²) in [6.45, 7) is 1.57. The molecule has 1 aromatic heterocycles. The Morgan fingerprint density at radius 3 is 2.82 bits per heavy atom. The molecular formula is C8H8BrNO. The van der Waals surface area contributed by atoms with Gasteiger partial charge in [0.2, 0.25) is 0 Å². The topological polar surface area (TPSA) is 30.0 Å². The minimum Gasteiger partial charge on any atom is -0.300 e. The van der Waals surface area contributed by atoms with Crippen LogP contribution in [-0.2, 0) is 11.2 Å². The first kappa shape index (κ1) is 8.40. The fourth-order valence-electron chi connectivity index (χ4n) is 0.798. The van der Waals surface area contributed by atoms with Crippen LogP contribution in [0.5, 0.6) is 0 Å². The van der Waals surface area contributed by atoms with Gasteiger partial charge < -0.3 is 0 Å². The second kappa shape index (κ2) is 3.62. The average molecular weight is 214 g/mol. The van der Waals surface area contributed by atoms with Gasteiger partial charge in [-0.1, -0.05) is 6.07 Å². The van der Waals surface area contributed by atoms with Crippen LogP contribution in [0.15, 0.2) is 22.9 Å². The molecule has 0 aliphatic carbocycles. The van der Waals surface area contributed by atoms with E-state index in [0.717, 1.165) is 10.2 Å². The van der Waals surface area contributed by atoms with Crippen molar-refractivity contribution >= 4 is 21.7 Å². The van der Waals surface area contributed by atoms with Crippen LogP contribution >= 0.6 is 15.9 Å². The summed E-state index contributed by atoms with van der Waals surface area (Å²) in [7, 11) is 0. The molecular weight excluding hydrogens is 206 g/mol. The van der Waals surface area contributed by atoms with Crippen LogP contribution in [0.25, 0.3) is 0 Å². The highest BCUT2D eigenvalue weighted by Gasteiger charge is 1.96. The van der Waals surface area contributed by atoms with E-state index in [9.17, 15) is 4.79 Å². The molecule has 1 rings (SSSR count). The van der Waals surface area contributed by atoms with Gasteiger partial charge in [-0.25, -0.2) is 4.98 Å². The van der Waals surface area contributed by atoms with Crippen LogP contribution in [0.3, 0.4) is 0 Å². The van der Waals surface area contributed by atoms with E-state index in [2.05, 4.69) is 20.9 Å². The molecule has 0 aliphatic rings. The van der Waals surface area contributed by atoms with Crippen LogP contribution < -0.4 is 0 Å². The Bertz CT molecular complexity index is 255. The number of halogens is 1. The third-order valence-electron chi connectivity index (χ3n) is 1.24. The van der Waals surface area contributed by atoms with Gasteiger partial charge in [-0.05, 0) is 34.5 Å². The molecule has 0 saturated heterocycles. The van der Waals surface area contributed by atoms with Crippen LogP contribution in [0.1, 0.15) is 12.5 Å². The molecule has 58 valence electrons. The molecule has 0 aromatic carbocycles. The van der Waals surface area contributed by atoms with Crippen LogP contribution in [0.4, 0.5) is 0 Å². The van der Waals surface area contributed by atoms with E-state index in [4.69, 9.17) is 0 Å². The third kappa shape index (κ3) is 2.80. The lowest BCUT2D eigenvalue weighted by atomic mass is 10.2. The molecule has 11 heavy (non-hydrogen) atoms.